The van der Waals surface area contributed by atoms with E-state index in [-0.39, 0.29) is 0 Å². The summed E-state index contributed by atoms with van der Waals surface area (Å²) in [6.07, 6.45) is 3.95. The van der Waals surface area contributed by atoms with Gasteiger partial charge in [-0.2, -0.15) is 0 Å². The Kier molecular flexibility index (Phi) is 6.28. The first-order valence-corrected chi connectivity index (χ1v) is 11.4. The molecule has 0 aliphatic rings. The van der Waals surface area contributed by atoms with Crippen molar-refractivity contribution in [3.63, 3.8) is 0 Å². The molecule has 0 aliphatic heterocycles. The third-order valence-electron chi connectivity index (χ3n) is 3.96. The van der Waals surface area contributed by atoms with Gasteiger partial charge in [-0.05, 0) is 41.8 Å². The molecule has 0 saturated heterocycles. The van der Waals surface area contributed by atoms with Crippen molar-refractivity contribution >= 4 is 46.6 Å². The van der Waals surface area contributed by atoms with E-state index in [1.54, 1.807) is 48.7 Å². The van der Waals surface area contributed by atoms with Gasteiger partial charge in [0.2, 0.25) is 5.16 Å². The van der Waals surface area contributed by atoms with Gasteiger partial charge in [0, 0.05) is 21.6 Å². The third kappa shape index (κ3) is 4.87. The minimum absolute atomic E-state index is 0.694. The Morgan fingerprint density at radius 1 is 1.07 bits per heavy atom. The lowest BCUT2D eigenvalue weighted by molar-refractivity contribution is 0.355. The maximum absolute atomic E-state index is 5.38. The highest BCUT2D eigenvalue weighted by atomic mass is 32.2. The first-order valence-electron chi connectivity index (χ1n) is 8.69. The molecule has 3 aromatic heterocycles. The number of aromatic amines is 1. The van der Waals surface area contributed by atoms with Gasteiger partial charge in [-0.3, -0.25) is 5.10 Å². The molecule has 0 radical (unpaired) electrons. The summed E-state index contributed by atoms with van der Waals surface area (Å²) in [6, 6.07) is 9.90. The predicted molar refractivity (Wildman–Crippen MR) is 120 cm³/mol. The Balaban J connectivity index is 1.39. The summed E-state index contributed by atoms with van der Waals surface area (Å²) in [5.41, 5.74) is 1.99. The van der Waals surface area contributed by atoms with Gasteiger partial charge in [-0.25, -0.2) is 9.97 Å². The standard InChI is InChI=1S/C20H18N4O2S3/c1-25-16-7-5-13(10-17(16)26-2)19-21-14(11-28-19)12-29-20-22-18(23-24-20)8-6-15-4-3-9-27-15/h3-11H,12H2,1-2H3,(H,22,23,24)/b8-6+. The Bertz CT molecular complexity index is 1100. The zero-order valence-corrected chi connectivity index (χ0v) is 18.2. The highest BCUT2D eigenvalue weighted by Gasteiger charge is 2.11. The molecule has 6 nitrogen and oxygen atoms in total. The lowest BCUT2D eigenvalue weighted by Gasteiger charge is -2.08. The molecule has 0 saturated carbocycles. The quantitative estimate of drug-likeness (QED) is 0.365. The Labute approximate surface area is 180 Å². The number of H-pyrrole nitrogens is 1. The van der Waals surface area contributed by atoms with Crippen molar-refractivity contribution < 1.29 is 9.47 Å². The number of nitrogens with one attached hydrogen (secondary N) is 1. The summed E-state index contributed by atoms with van der Waals surface area (Å²) in [7, 11) is 3.26. The number of hydrogen-bond acceptors (Lipinski definition) is 8. The van der Waals surface area contributed by atoms with Crippen LogP contribution in [0.15, 0.2) is 46.2 Å². The van der Waals surface area contributed by atoms with Gasteiger partial charge in [-0.1, -0.05) is 17.8 Å². The van der Waals surface area contributed by atoms with E-state index in [0.29, 0.717) is 22.4 Å². The summed E-state index contributed by atoms with van der Waals surface area (Å²) in [5.74, 6) is 2.85. The molecule has 29 heavy (non-hydrogen) atoms. The molecule has 0 amide bonds. The summed E-state index contributed by atoms with van der Waals surface area (Å²) in [6.45, 7) is 0. The van der Waals surface area contributed by atoms with Gasteiger partial charge in [0.15, 0.2) is 11.5 Å². The van der Waals surface area contributed by atoms with E-state index >= 15 is 0 Å². The predicted octanol–water partition coefficient (Wildman–Crippen LogP) is 5.47. The molecular formula is C20H18N4O2S3. The van der Waals surface area contributed by atoms with Crippen molar-refractivity contribution in [3.8, 4) is 22.1 Å². The number of methoxy groups -OCH3 is 2. The van der Waals surface area contributed by atoms with E-state index in [1.165, 1.54) is 4.88 Å². The van der Waals surface area contributed by atoms with Crippen LogP contribution in [0.5, 0.6) is 11.5 Å². The summed E-state index contributed by atoms with van der Waals surface area (Å²) >= 11 is 4.84. The molecule has 0 fully saturated rings. The van der Waals surface area contributed by atoms with Crippen LogP contribution in [-0.4, -0.2) is 34.4 Å². The molecule has 4 rings (SSSR count). The zero-order valence-electron chi connectivity index (χ0n) is 15.8. The van der Waals surface area contributed by atoms with Crippen LogP contribution in [0.4, 0.5) is 0 Å². The topological polar surface area (TPSA) is 72.9 Å². The van der Waals surface area contributed by atoms with Crippen molar-refractivity contribution in [1.29, 1.82) is 0 Å². The summed E-state index contributed by atoms with van der Waals surface area (Å²) in [4.78, 5) is 10.4. The van der Waals surface area contributed by atoms with Crippen LogP contribution >= 0.6 is 34.4 Å². The van der Waals surface area contributed by atoms with Crippen molar-refractivity contribution in [2.45, 2.75) is 10.9 Å². The highest BCUT2D eigenvalue weighted by molar-refractivity contribution is 7.98. The average Bonchev–Trinajstić information content (AvgIpc) is 3.52. The maximum atomic E-state index is 5.38. The number of thioether (sulfide) groups is 1. The maximum Gasteiger partial charge on any atom is 0.209 e. The molecule has 4 aromatic rings. The lowest BCUT2D eigenvalue weighted by atomic mass is 10.2. The number of thiophene rings is 1. The van der Waals surface area contributed by atoms with Crippen LogP contribution in [0, 0.1) is 0 Å². The van der Waals surface area contributed by atoms with Crippen LogP contribution in [0.1, 0.15) is 16.4 Å². The van der Waals surface area contributed by atoms with Gasteiger partial charge >= 0.3 is 0 Å². The first-order chi connectivity index (χ1) is 14.2. The minimum Gasteiger partial charge on any atom is -0.493 e. The van der Waals surface area contributed by atoms with E-state index in [9.17, 15) is 0 Å². The average molecular weight is 443 g/mol. The smallest absolute Gasteiger partial charge is 0.209 e. The molecule has 1 N–H and O–H groups in total. The van der Waals surface area contributed by atoms with E-state index in [1.807, 2.05) is 41.8 Å². The Morgan fingerprint density at radius 3 is 2.76 bits per heavy atom. The number of ether oxygens (including phenoxy) is 2. The van der Waals surface area contributed by atoms with E-state index in [0.717, 1.165) is 22.1 Å². The normalized spacial score (nSPS) is 11.2. The SMILES string of the molecule is COc1ccc(-c2nc(CSc3n[nH]c(/C=C/c4cccs4)n3)cs2)cc1OC. The van der Waals surface area contributed by atoms with Crippen LogP contribution < -0.4 is 9.47 Å². The number of rotatable bonds is 8. The molecule has 0 atom stereocenters. The van der Waals surface area contributed by atoms with Crippen LogP contribution in [-0.2, 0) is 5.75 Å². The van der Waals surface area contributed by atoms with E-state index in [2.05, 4.69) is 26.6 Å². The Morgan fingerprint density at radius 2 is 1.97 bits per heavy atom. The van der Waals surface area contributed by atoms with Crippen LogP contribution in [0.2, 0.25) is 0 Å². The Hall–Kier alpha value is -2.62. The summed E-state index contributed by atoms with van der Waals surface area (Å²) in [5, 5.41) is 13.0. The molecule has 148 valence electrons. The van der Waals surface area contributed by atoms with Crippen molar-refractivity contribution in [3.05, 3.63) is 57.5 Å². The number of aromatic nitrogens is 4. The van der Waals surface area contributed by atoms with Crippen molar-refractivity contribution in [2.75, 3.05) is 14.2 Å². The van der Waals surface area contributed by atoms with E-state index in [4.69, 9.17) is 14.5 Å². The van der Waals surface area contributed by atoms with Gasteiger partial charge in [0.05, 0.1) is 19.9 Å². The highest BCUT2D eigenvalue weighted by Crippen LogP contribution is 2.34. The van der Waals surface area contributed by atoms with Crippen molar-refractivity contribution in [2.24, 2.45) is 0 Å². The monoisotopic (exact) mass is 442 g/mol. The van der Waals surface area contributed by atoms with Crippen LogP contribution in [0.3, 0.4) is 0 Å². The number of hydrogen-bond donors (Lipinski definition) is 1. The second-order valence-electron chi connectivity index (χ2n) is 5.85. The molecule has 9 heteroatoms. The van der Waals surface area contributed by atoms with Crippen LogP contribution in [0.25, 0.3) is 22.7 Å². The number of benzene rings is 1. The minimum atomic E-state index is 0.694. The molecule has 0 spiro atoms. The molecule has 0 bridgehead atoms. The molecule has 0 aliphatic carbocycles. The molecule has 3 heterocycles. The third-order valence-corrected chi connectivity index (χ3v) is 6.62. The fraction of sp³-hybridized carbons (Fsp3) is 0.150. The lowest BCUT2D eigenvalue weighted by Crippen LogP contribution is -1.90. The fourth-order valence-electron chi connectivity index (χ4n) is 2.56. The summed E-state index contributed by atoms with van der Waals surface area (Å²) < 4.78 is 10.7. The van der Waals surface area contributed by atoms with Gasteiger partial charge < -0.3 is 9.47 Å². The van der Waals surface area contributed by atoms with Gasteiger partial charge in [0.25, 0.3) is 0 Å². The largest absolute Gasteiger partial charge is 0.493 e. The second kappa shape index (κ2) is 9.25. The number of thiazole rings is 1. The van der Waals surface area contributed by atoms with Gasteiger partial charge in [0.1, 0.15) is 10.8 Å². The first kappa shape index (κ1) is 19.7. The van der Waals surface area contributed by atoms with Gasteiger partial charge in [-0.15, -0.1) is 27.8 Å². The molecular weight excluding hydrogens is 424 g/mol. The molecule has 0 unspecified atom stereocenters. The fourth-order valence-corrected chi connectivity index (χ4v) is 4.80. The second-order valence-corrected chi connectivity index (χ2v) is 8.63. The molecule has 1 aromatic carbocycles. The van der Waals surface area contributed by atoms with E-state index < -0.39 is 0 Å². The van der Waals surface area contributed by atoms with Crippen molar-refractivity contribution in [1.82, 2.24) is 20.2 Å². The number of nitrogens with zero attached hydrogens (tertiary/aromatic N) is 3. The zero-order chi connectivity index (χ0) is 20.1.